The average Bonchev–Trinajstić information content (AvgIpc) is 2.80. The van der Waals surface area contributed by atoms with Gasteiger partial charge in [0.05, 0.1) is 5.56 Å². The zero-order valence-corrected chi connectivity index (χ0v) is 13.7. The largest absolute Gasteiger partial charge is 0.349 e. The number of aromatic nitrogens is 2. The van der Waals surface area contributed by atoms with Gasteiger partial charge in [0.2, 0.25) is 0 Å². The maximum atomic E-state index is 13.0. The number of hydrogen-bond donors (Lipinski definition) is 1. The molecule has 1 fully saturated rings. The van der Waals surface area contributed by atoms with Crippen molar-refractivity contribution in [1.29, 1.82) is 0 Å². The van der Waals surface area contributed by atoms with Crippen LogP contribution < -0.4 is 5.32 Å². The number of carbonyl (C=O) groups is 1. The minimum atomic E-state index is -2.74. The highest BCUT2D eigenvalue weighted by atomic mass is 19.3. The summed E-state index contributed by atoms with van der Waals surface area (Å²) in [5.41, 5.74) is -0.377. The molecule has 22 heavy (non-hydrogen) atoms. The topological polar surface area (TPSA) is 46.9 Å². The molecule has 0 bridgehead atoms. The number of halogens is 2. The van der Waals surface area contributed by atoms with Gasteiger partial charge >= 0.3 is 0 Å². The first-order valence-corrected chi connectivity index (χ1v) is 7.82. The number of rotatable bonds is 3. The molecule has 2 atom stereocenters. The smallest absolute Gasteiger partial charge is 0.282 e. The van der Waals surface area contributed by atoms with E-state index in [9.17, 15) is 13.6 Å². The molecule has 1 N–H and O–H groups in total. The van der Waals surface area contributed by atoms with Gasteiger partial charge in [0.1, 0.15) is 5.69 Å². The molecule has 1 saturated carbocycles. The van der Waals surface area contributed by atoms with Crippen molar-refractivity contribution in [1.82, 2.24) is 15.1 Å². The Hall–Kier alpha value is -1.46. The van der Waals surface area contributed by atoms with Crippen LogP contribution in [0.3, 0.4) is 0 Å². The Balaban J connectivity index is 2.17. The van der Waals surface area contributed by atoms with Gasteiger partial charge < -0.3 is 5.32 Å². The second kappa shape index (κ2) is 6.34. The van der Waals surface area contributed by atoms with Crippen LogP contribution >= 0.6 is 0 Å². The van der Waals surface area contributed by atoms with E-state index in [0.29, 0.717) is 5.92 Å². The van der Waals surface area contributed by atoms with Gasteiger partial charge in [-0.15, -0.1) is 0 Å². The van der Waals surface area contributed by atoms with Crippen molar-refractivity contribution in [2.24, 2.45) is 18.4 Å². The number of aryl methyl sites for hydroxylation is 1. The standard InChI is InChI=1S/C16H25F2N3O/c1-16(2,3)11-7-5-6-8-12(11)19-15(22)10-9-21(4)20-13(10)14(17)18/h9,11-12,14H,5-8H2,1-4H3,(H,19,22). The number of amides is 1. The molecule has 1 amide bonds. The Labute approximate surface area is 130 Å². The molecule has 2 rings (SSSR count). The molecular formula is C16H25F2N3O. The van der Waals surface area contributed by atoms with E-state index in [1.165, 1.54) is 10.9 Å². The molecule has 1 aliphatic rings. The molecule has 4 nitrogen and oxygen atoms in total. The van der Waals surface area contributed by atoms with Crippen LogP contribution in [-0.2, 0) is 7.05 Å². The van der Waals surface area contributed by atoms with Gasteiger partial charge in [-0.2, -0.15) is 5.10 Å². The highest BCUT2D eigenvalue weighted by Gasteiger charge is 2.35. The fourth-order valence-corrected chi connectivity index (χ4v) is 3.43. The quantitative estimate of drug-likeness (QED) is 0.925. The second-order valence-corrected chi connectivity index (χ2v) is 7.24. The number of carbonyl (C=O) groups excluding carboxylic acids is 1. The van der Waals surface area contributed by atoms with Crippen molar-refractivity contribution in [2.45, 2.75) is 58.9 Å². The van der Waals surface area contributed by atoms with Gasteiger partial charge in [0.15, 0.2) is 0 Å². The molecule has 124 valence electrons. The second-order valence-electron chi connectivity index (χ2n) is 7.24. The monoisotopic (exact) mass is 313 g/mol. The molecule has 0 radical (unpaired) electrons. The van der Waals surface area contributed by atoms with E-state index in [1.54, 1.807) is 7.05 Å². The summed E-state index contributed by atoms with van der Waals surface area (Å²) in [5, 5.41) is 6.67. The maximum absolute atomic E-state index is 13.0. The molecule has 1 aliphatic carbocycles. The molecular weight excluding hydrogens is 288 g/mol. The fourth-order valence-electron chi connectivity index (χ4n) is 3.43. The first kappa shape index (κ1) is 16.9. The van der Waals surface area contributed by atoms with Gasteiger partial charge in [-0.1, -0.05) is 33.6 Å². The number of alkyl halides is 2. The Morgan fingerprint density at radius 3 is 2.59 bits per heavy atom. The molecule has 1 heterocycles. The molecule has 1 aromatic heterocycles. The molecule has 0 aromatic carbocycles. The van der Waals surface area contributed by atoms with E-state index in [4.69, 9.17) is 0 Å². The van der Waals surface area contributed by atoms with Crippen molar-refractivity contribution in [3.05, 3.63) is 17.5 Å². The zero-order chi connectivity index (χ0) is 16.5. The van der Waals surface area contributed by atoms with Gasteiger partial charge in [-0.05, 0) is 24.2 Å². The normalized spacial score (nSPS) is 22.9. The number of nitrogens with zero attached hydrogens (tertiary/aromatic N) is 2. The van der Waals surface area contributed by atoms with E-state index in [0.717, 1.165) is 25.7 Å². The van der Waals surface area contributed by atoms with Crippen LogP contribution in [0, 0.1) is 11.3 Å². The van der Waals surface area contributed by atoms with Crippen molar-refractivity contribution >= 4 is 5.91 Å². The summed E-state index contributed by atoms with van der Waals surface area (Å²) in [5.74, 6) is -0.0820. The van der Waals surface area contributed by atoms with Crippen molar-refractivity contribution in [2.75, 3.05) is 0 Å². The van der Waals surface area contributed by atoms with Crippen molar-refractivity contribution in [3.8, 4) is 0 Å². The summed E-state index contributed by atoms with van der Waals surface area (Å²) < 4.78 is 27.2. The third-order valence-corrected chi connectivity index (χ3v) is 4.50. The van der Waals surface area contributed by atoms with E-state index in [1.807, 2.05) is 0 Å². The summed E-state index contributed by atoms with van der Waals surface area (Å²) in [6.07, 6.45) is 2.80. The van der Waals surface area contributed by atoms with E-state index in [-0.39, 0.29) is 17.0 Å². The lowest BCUT2D eigenvalue weighted by molar-refractivity contribution is 0.0818. The summed E-state index contributed by atoms with van der Waals surface area (Å²) in [4.78, 5) is 12.4. The average molecular weight is 313 g/mol. The molecule has 0 spiro atoms. The molecule has 1 aromatic rings. The molecule has 2 unspecified atom stereocenters. The molecule has 0 saturated heterocycles. The number of nitrogens with one attached hydrogen (secondary N) is 1. The van der Waals surface area contributed by atoms with Gasteiger partial charge in [0, 0.05) is 19.3 Å². The first-order chi connectivity index (χ1) is 10.2. The Morgan fingerprint density at radius 1 is 1.36 bits per heavy atom. The minimum absolute atomic E-state index is 0.0178. The van der Waals surface area contributed by atoms with Crippen LogP contribution in [0.15, 0.2) is 6.20 Å². The Kier molecular flexibility index (Phi) is 4.87. The third-order valence-electron chi connectivity index (χ3n) is 4.50. The lowest BCUT2D eigenvalue weighted by atomic mass is 9.69. The molecule has 6 heteroatoms. The Morgan fingerprint density at radius 2 is 2.00 bits per heavy atom. The highest BCUT2D eigenvalue weighted by Crippen LogP contribution is 2.38. The van der Waals surface area contributed by atoms with E-state index < -0.39 is 18.0 Å². The van der Waals surface area contributed by atoms with Crippen molar-refractivity contribution < 1.29 is 13.6 Å². The van der Waals surface area contributed by atoms with E-state index in [2.05, 4.69) is 31.2 Å². The van der Waals surface area contributed by atoms with Gasteiger partial charge in [0.25, 0.3) is 12.3 Å². The minimum Gasteiger partial charge on any atom is -0.349 e. The van der Waals surface area contributed by atoms with Crippen LogP contribution in [0.4, 0.5) is 8.78 Å². The SMILES string of the molecule is Cn1cc(C(=O)NC2CCCCC2C(C)(C)C)c(C(F)F)n1. The first-order valence-electron chi connectivity index (χ1n) is 7.82. The fraction of sp³-hybridized carbons (Fsp3) is 0.750. The van der Waals surface area contributed by atoms with Crippen LogP contribution in [0.1, 0.15) is 68.9 Å². The van der Waals surface area contributed by atoms with E-state index >= 15 is 0 Å². The van der Waals surface area contributed by atoms with Crippen LogP contribution in [0.2, 0.25) is 0 Å². The predicted octanol–water partition coefficient (Wildman–Crippen LogP) is 3.69. The Bertz CT molecular complexity index is 534. The van der Waals surface area contributed by atoms with Crippen LogP contribution in [0.25, 0.3) is 0 Å². The predicted molar refractivity (Wildman–Crippen MR) is 80.8 cm³/mol. The van der Waals surface area contributed by atoms with Gasteiger partial charge in [-0.3, -0.25) is 9.48 Å². The summed E-state index contributed by atoms with van der Waals surface area (Å²) in [6.45, 7) is 6.49. The van der Waals surface area contributed by atoms with Crippen LogP contribution in [0.5, 0.6) is 0 Å². The summed E-state index contributed by atoms with van der Waals surface area (Å²) in [7, 11) is 1.54. The van der Waals surface area contributed by atoms with Crippen LogP contribution in [-0.4, -0.2) is 21.7 Å². The number of hydrogen-bond acceptors (Lipinski definition) is 2. The van der Waals surface area contributed by atoms with Crippen molar-refractivity contribution in [3.63, 3.8) is 0 Å². The zero-order valence-electron chi connectivity index (χ0n) is 13.7. The lowest BCUT2D eigenvalue weighted by Gasteiger charge is -2.40. The summed E-state index contributed by atoms with van der Waals surface area (Å²) >= 11 is 0. The summed E-state index contributed by atoms with van der Waals surface area (Å²) in [6, 6.07) is 0.0342. The molecule has 0 aliphatic heterocycles. The maximum Gasteiger partial charge on any atom is 0.282 e. The van der Waals surface area contributed by atoms with Gasteiger partial charge in [-0.25, -0.2) is 8.78 Å². The highest BCUT2D eigenvalue weighted by molar-refractivity contribution is 5.95. The lowest BCUT2D eigenvalue weighted by Crippen LogP contribution is -2.46. The third kappa shape index (κ3) is 3.65.